The van der Waals surface area contributed by atoms with Gasteiger partial charge in [-0.3, -0.25) is 0 Å². The van der Waals surface area contributed by atoms with Crippen LogP contribution < -0.4 is 14.2 Å². The lowest BCUT2D eigenvalue weighted by atomic mass is 10.2. The van der Waals surface area contributed by atoms with Crippen LogP contribution in [0.5, 0.6) is 17.2 Å². The van der Waals surface area contributed by atoms with E-state index in [-0.39, 0.29) is 6.79 Å². The van der Waals surface area contributed by atoms with Crippen molar-refractivity contribution in [1.82, 2.24) is 0 Å². The molecule has 5 heteroatoms. The van der Waals surface area contributed by atoms with E-state index in [1.54, 1.807) is 7.11 Å². The first-order chi connectivity index (χ1) is 10.3. The van der Waals surface area contributed by atoms with E-state index < -0.39 is 0 Å². The molecule has 0 unspecified atom stereocenters. The Hall–Kier alpha value is -1.72. The van der Waals surface area contributed by atoms with Gasteiger partial charge in [-0.05, 0) is 35.9 Å². The maximum Gasteiger partial charge on any atom is 0.231 e. The van der Waals surface area contributed by atoms with Gasteiger partial charge in [-0.1, -0.05) is 22.0 Å². The SMILES string of the molecule is COc1ccc(Br)cc1COCc1ccc2c(c1)OCO2. The van der Waals surface area contributed by atoms with Crippen LogP contribution in [0.1, 0.15) is 11.1 Å². The Morgan fingerprint density at radius 1 is 1.05 bits per heavy atom. The zero-order chi connectivity index (χ0) is 14.7. The van der Waals surface area contributed by atoms with Gasteiger partial charge in [-0.15, -0.1) is 0 Å². The predicted molar refractivity (Wildman–Crippen MR) is 81.8 cm³/mol. The van der Waals surface area contributed by atoms with Crippen LogP contribution in [0.2, 0.25) is 0 Å². The van der Waals surface area contributed by atoms with Crippen LogP contribution in [-0.2, 0) is 18.0 Å². The van der Waals surface area contributed by atoms with Crippen LogP contribution in [-0.4, -0.2) is 13.9 Å². The minimum Gasteiger partial charge on any atom is -0.496 e. The highest BCUT2D eigenvalue weighted by Crippen LogP contribution is 2.32. The van der Waals surface area contributed by atoms with Gasteiger partial charge in [0.2, 0.25) is 6.79 Å². The zero-order valence-electron chi connectivity index (χ0n) is 11.6. The molecular formula is C16H15BrO4. The molecule has 110 valence electrons. The zero-order valence-corrected chi connectivity index (χ0v) is 13.2. The maximum absolute atomic E-state index is 5.77. The van der Waals surface area contributed by atoms with E-state index in [9.17, 15) is 0 Å². The normalized spacial score (nSPS) is 12.5. The Morgan fingerprint density at radius 2 is 1.90 bits per heavy atom. The molecule has 0 aromatic heterocycles. The van der Waals surface area contributed by atoms with Crippen molar-refractivity contribution in [3.05, 3.63) is 52.0 Å². The monoisotopic (exact) mass is 350 g/mol. The molecule has 0 radical (unpaired) electrons. The summed E-state index contributed by atoms with van der Waals surface area (Å²) in [5.41, 5.74) is 2.06. The number of benzene rings is 2. The van der Waals surface area contributed by atoms with Crippen molar-refractivity contribution in [1.29, 1.82) is 0 Å². The van der Waals surface area contributed by atoms with E-state index in [2.05, 4.69) is 15.9 Å². The van der Waals surface area contributed by atoms with E-state index >= 15 is 0 Å². The molecule has 1 aliphatic rings. The predicted octanol–water partition coefficient (Wildman–Crippen LogP) is 3.90. The molecule has 0 saturated heterocycles. The highest BCUT2D eigenvalue weighted by atomic mass is 79.9. The molecule has 0 aliphatic carbocycles. The van der Waals surface area contributed by atoms with Crippen molar-refractivity contribution < 1.29 is 18.9 Å². The first kappa shape index (κ1) is 14.2. The maximum atomic E-state index is 5.77. The second kappa shape index (κ2) is 6.37. The standard InChI is InChI=1S/C16H15BrO4/c1-18-14-5-3-13(17)7-12(14)9-19-8-11-2-4-15-16(6-11)21-10-20-15/h2-7H,8-10H2,1H3. The van der Waals surface area contributed by atoms with E-state index in [1.165, 1.54) is 0 Å². The van der Waals surface area contributed by atoms with Gasteiger partial charge < -0.3 is 18.9 Å². The van der Waals surface area contributed by atoms with E-state index in [0.29, 0.717) is 13.2 Å². The molecule has 0 N–H and O–H groups in total. The second-order valence-corrected chi connectivity index (χ2v) is 5.55. The second-order valence-electron chi connectivity index (χ2n) is 4.64. The molecule has 2 aromatic rings. The van der Waals surface area contributed by atoms with Crippen molar-refractivity contribution in [2.24, 2.45) is 0 Å². The van der Waals surface area contributed by atoms with Crippen molar-refractivity contribution in [2.45, 2.75) is 13.2 Å². The van der Waals surface area contributed by atoms with E-state index in [0.717, 1.165) is 32.8 Å². The van der Waals surface area contributed by atoms with Gasteiger partial charge in [-0.25, -0.2) is 0 Å². The van der Waals surface area contributed by atoms with Gasteiger partial charge in [0.05, 0.1) is 20.3 Å². The number of halogens is 1. The first-order valence-corrected chi connectivity index (χ1v) is 7.34. The molecule has 0 bridgehead atoms. The molecular weight excluding hydrogens is 336 g/mol. The summed E-state index contributed by atoms with van der Waals surface area (Å²) in [6.07, 6.45) is 0. The van der Waals surface area contributed by atoms with Gasteiger partial charge in [0.1, 0.15) is 5.75 Å². The lowest BCUT2D eigenvalue weighted by Crippen LogP contribution is -1.97. The van der Waals surface area contributed by atoms with Crippen LogP contribution in [0.3, 0.4) is 0 Å². The fraction of sp³-hybridized carbons (Fsp3) is 0.250. The van der Waals surface area contributed by atoms with Crippen LogP contribution in [0.4, 0.5) is 0 Å². The minimum atomic E-state index is 0.287. The number of ether oxygens (including phenoxy) is 4. The lowest BCUT2D eigenvalue weighted by Gasteiger charge is -2.10. The van der Waals surface area contributed by atoms with Gasteiger partial charge in [0, 0.05) is 10.0 Å². The Kier molecular flexibility index (Phi) is 4.31. The summed E-state index contributed by atoms with van der Waals surface area (Å²) in [6, 6.07) is 11.7. The smallest absolute Gasteiger partial charge is 0.231 e. The molecule has 1 aliphatic heterocycles. The number of methoxy groups -OCH3 is 1. The number of hydrogen-bond acceptors (Lipinski definition) is 4. The lowest BCUT2D eigenvalue weighted by molar-refractivity contribution is 0.105. The Balaban J connectivity index is 1.62. The topological polar surface area (TPSA) is 36.9 Å². The summed E-state index contributed by atoms with van der Waals surface area (Å²) >= 11 is 3.45. The Bertz CT molecular complexity index is 642. The van der Waals surface area contributed by atoms with E-state index in [4.69, 9.17) is 18.9 Å². The minimum absolute atomic E-state index is 0.287. The fourth-order valence-corrected chi connectivity index (χ4v) is 2.58. The molecule has 4 nitrogen and oxygen atoms in total. The third-order valence-electron chi connectivity index (χ3n) is 3.21. The summed E-state index contributed by atoms with van der Waals surface area (Å²) in [7, 11) is 1.66. The quantitative estimate of drug-likeness (QED) is 0.819. The van der Waals surface area contributed by atoms with Crippen molar-refractivity contribution >= 4 is 15.9 Å². The van der Waals surface area contributed by atoms with Crippen LogP contribution >= 0.6 is 15.9 Å². The Labute approximate surface area is 131 Å². The van der Waals surface area contributed by atoms with Gasteiger partial charge in [0.15, 0.2) is 11.5 Å². The molecule has 0 fully saturated rings. The number of fused-ring (bicyclic) bond motifs is 1. The first-order valence-electron chi connectivity index (χ1n) is 6.55. The third kappa shape index (κ3) is 3.31. The molecule has 1 heterocycles. The van der Waals surface area contributed by atoms with Crippen LogP contribution in [0.25, 0.3) is 0 Å². The van der Waals surface area contributed by atoms with Gasteiger partial charge in [0.25, 0.3) is 0 Å². The van der Waals surface area contributed by atoms with Gasteiger partial charge >= 0.3 is 0 Å². The Morgan fingerprint density at radius 3 is 2.76 bits per heavy atom. The highest BCUT2D eigenvalue weighted by Gasteiger charge is 2.13. The van der Waals surface area contributed by atoms with Crippen molar-refractivity contribution in [3.63, 3.8) is 0 Å². The molecule has 0 amide bonds. The van der Waals surface area contributed by atoms with Gasteiger partial charge in [-0.2, -0.15) is 0 Å². The molecule has 0 saturated carbocycles. The van der Waals surface area contributed by atoms with Crippen LogP contribution in [0, 0.1) is 0 Å². The highest BCUT2D eigenvalue weighted by molar-refractivity contribution is 9.10. The molecule has 0 atom stereocenters. The molecule has 0 spiro atoms. The summed E-state index contributed by atoms with van der Waals surface area (Å²) in [5, 5.41) is 0. The average Bonchev–Trinajstić information content (AvgIpc) is 2.95. The third-order valence-corrected chi connectivity index (χ3v) is 3.70. The van der Waals surface area contributed by atoms with E-state index in [1.807, 2.05) is 36.4 Å². The van der Waals surface area contributed by atoms with Crippen molar-refractivity contribution in [2.75, 3.05) is 13.9 Å². The average molecular weight is 351 g/mol. The number of hydrogen-bond donors (Lipinski definition) is 0. The summed E-state index contributed by atoms with van der Waals surface area (Å²) in [4.78, 5) is 0. The fourth-order valence-electron chi connectivity index (χ4n) is 2.17. The summed E-state index contributed by atoms with van der Waals surface area (Å²) in [6.45, 7) is 1.28. The molecule has 2 aromatic carbocycles. The summed E-state index contributed by atoms with van der Waals surface area (Å²) < 4.78 is 22.7. The number of rotatable bonds is 5. The summed E-state index contributed by atoms with van der Waals surface area (Å²) in [5.74, 6) is 2.38. The molecule has 3 rings (SSSR count). The molecule has 21 heavy (non-hydrogen) atoms. The largest absolute Gasteiger partial charge is 0.496 e. The van der Waals surface area contributed by atoms with Crippen molar-refractivity contribution in [3.8, 4) is 17.2 Å². The van der Waals surface area contributed by atoms with Crippen LogP contribution in [0.15, 0.2) is 40.9 Å².